The van der Waals surface area contributed by atoms with Crippen LogP contribution in [0.15, 0.2) is 18.5 Å². The summed E-state index contributed by atoms with van der Waals surface area (Å²) in [7, 11) is 0. The van der Waals surface area contributed by atoms with Gasteiger partial charge in [0, 0.05) is 0 Å². The van der Waals surface area contributed by atoms with E-state index in [1.807, 2.05) is 26.0 Å². The maximum Gasteiger partial charge on any atom is 0.164 e. The largest absolute Gasteiger partial charge is 0.387 e. The maximum atomic E-state index is 10.1. The topological polar surface area (TPSA) is 104 Å². The smallest absolute Gasteiger partial charge is 0.164 e. The zero-order valence-corrected chi connectivity index (χ0v) is 12.1. The van der Waals surface area contributed by atoms with Crippen molar-refractivity contribution in [3.63, 3.8) is 0 Å². The van der Waals surface area contributed by atoms with Gasteiger partial charge in [-0.1, -0.05) is 0 Å². The van der Waals surface area contributed by atoms with Gasteiger partial charge in [0.05, 0.1) is 5.69 Å². The number of fused-ring (bicyclic) bond motifs is 1. The molecule has 2 aromatic rings. The van der Waals surface area contributed by atoms with Crippen LogP contribution in [0.2, 0.25) is 0 Å². The molecule has 116 valence electrons. The summed E-state index contributed by atoms with van der Waals surface area (Å²) in [5.41, 5.74) is 6.63. The molecule has 8 nitrogen and oxygen atoms in total. The molecule has 3 fully saturated rings. The molecule has 22 heavy (non-hydrogen) atoms. The minimum Gasteiger partial charge on any atom is -0.387 e. The van der Waals surface area contributed by atoms with Gasteiger partial charge in [-0.3, -0.25) is 0 Å². The maximum absolute atomic E-state index is 10.1. The van der Waals surface area contributed by atoms with Crippen LogP contribution >= 0.6 is 0 Å². The number of rotatable bonds is 1. The molecule has 1 saturated carbocycles. The number of hydrogen-bond acceptors (Lipinski definition) is 7. The predicted molar refractivity (Wildman–Crippen MR) is 73.8 cm³/mol. The van der Waals surface area contributed by atoms with E-state index in [-0.39, 0.29) is 18.3 Å². The quantitative estimate of drug-likeness (QED) is 0.765. The molecule has 5 rings (SSSR count). The Morgan fingerprint density at radius 2 is 2.14 bits per heavy atom. The zero-order chi connectivity index (χ0) is 15.3. The Morgan fingerprint density at radius 1 is 1.32 bits per heavy atom. The highest BCUT2D eigenvalue weighted by atomic mass is 16.8. The molecule has 2 aliphatic heterocycles. The van der Waals surface area contributed by atoms with Crippen LogP contribution in [0, 0.1) is 0 Å². The lowest BCUT2D eigenvalue weighted by Gasteiger charge is -2.22. The predicted octanol–water partition coefficient (Wildman–Crippen LogP) is 0.0162. The van der Waals surface area contributed by atoms with Crippen LogP contribution < -0.4 is 5.73 Å². The van der Waals surface area contributed by atoms with Gasteiger partial charge in [0.25, 0.3) is 0 Å². The van der Waals surface area contributed by atoms with Crippen LogP contribution in [-0.2, 0) is 14.2 Å². The monoisotopic (exact) mass is 304 g/mol. The molecular formula is C14H16N4O4. The Labute approximate surface area is 125 Å². The average molecular weight is 304 g/mol. The number of hydrogen-bond donors (Lipinski definition) is 2. The summed E-state index contributed by atoms with van der Waals surface area (Å²) < 4.78 is 19.6. The molecule has 8 heteroatoms. The van der Waals surface area contributed by atoms with Crippen LogP contribution in [-0.4, -0.2) is 49.4 Å². The molecule has 3 N–H and O–H groups in total. The van der Waals surface area contributed by atoms with Crippen molar-refractivity contribution >= 4 is 11.3 Å². The Bertz CT molecular complexity index is 790. The van der Waals surface area contributed by atoms with Gasteiger partial charge in [-0.15, -0.1) is 0 Å². The van der Waals surface area contributed by atoms with E-state index < -0.39 is 17.5 Å². The number of aliphatic hydroxyl groups excluding tert-OH is 1. The van der Waals surface area contributed by atoms with Crippen LogP contribution in [0.3, 0.4) is 0 Å². The second kappa shape index (κ2) is 3.60. The minimum atomic E-state index is -0.767. The fourth-order valence-electron chi connectivity index (χ4n) is 3.81. The summed E-state index contributed by atoms with van der Waals surface area (Å²) in [5.74, 6) is -0.341. The molecule has 0 bridgehead atoms. The fraction of sp³-hybridized carbons (Fsp3) is 0.571. The van der Waals surface area contributed by atoms with Gasteiger partial charge in [0.1, 0.15) is 36.3 Å². The molecule has 2 saturated heterocycles. The molecule has 4 heterocycles. The number of aromatic nitrogens is 3. The Balaban J connectivity index is 1.61. The molecule has 0 radical (unpaired) electrons. The second-order valence-electron chi connectivity index (χ2n) is 6.52. The van der Waals surface area contributed by atoms with Crippen molar-refractivity contribution in [2.45, 2.75) is 49.7 Å². The van der Waals surface area contributed by atoms with E-state index in [9.17, 15) is 5.11 Å². The van der Waals surface area contributed by atoms with Gasteiger partial charge in [-0.05, 0) is 26.0 Å². The third kappa shape index (κ3) is 1.32. The standard InChI is InChI=1S/C14H16N4O4/c1-13(2)21-10-8(20-11-9(19)14(10,11)22-13)6-3-4-7-12(15)16-5-17-18(6)7/h3-5,8-11,19H,1-2H3,(H2,15,16,17)/t8-,9?,10-,11+,14-/m0/s1. The summed E-state index contributed by atoms with van der Waals surface area (Å²) in [6.45, 7) is 3.69. The number of aliphatic hydroxyl groups is 1. The normalized spacial score (nSPS) is 41.6. The number of anilines is 1. The molecule has 1 unspecified atom stereocenters. The van der Waals surface area contributed by atoms with Crippen molar-refractivity contribution in [3.8, 4) is 0 Å². The first-order chi connectivity index (χ1) is 10.4. The van der Waals surface area contributed by atoms with E-state index in [4.69, 9.17) is 19.9 Å². The number of nitrogens with zero attached hydrogens (tertiary/aromatic N) is 3. The van der Waals surface area contributed by atoms with Crippen molar-refractivity contribution in [1.82, 2.24) is 14.6 Å². The van der Waals surface area contributed by atoms with Crippen molar-refractivity contribution in [2.75, 3.05) is 5.73 Å². The van der Waals surface area contributed by atoms with Gasteiger partial charge < -0.3 is 25.1 Å². The van der Waals surface area contributed by atoms with Crippen molar-refractivity contribution < 1.29 is 19.3 Å². The van der Waals surface area contributed by atoms with E-state index in [1.165, 1.54) is 6.33 Å². The van der Waals surface area contributed by atoms with Gasteiger partial charge >= 0.3 is 0 Å². The summed E-state index contributed by atoms with van der Waals surface area (Å²) in [5, 5.41) is 14.4. The fourth-order valence-corrected chi connectivity index (χ4v) is 3.81. The van der Waals surface area contributed by atoms with Crippen LogP contribution in [0.25, 0.3) is 5.52 Å². The highest BCUT2D eigenvalue weighted by Gasteiger charge is 2.83. The summed E-state index contributed by atoms with van der Waals surface area (Å²) in [6.07, 6.45) is -0.360. The minimum absolute atomic E-state index is 0.367. The van der Waals surface area contributed by atoms with Gasteiger partial charge in [-0.25, -0.2) is 9.50 Å². The lowest BCUT2D eigenvalue weighted by Crippen LogP contribution is -2.32. The second-order valence-corrected chi connectivity index (χ2v) is 6.52. The summed E-state index contributed by atoms with van der Waals surface area (Å²) in [4.78, 5) is 3.98. The third-order valence-corrected chi connectivity index (χ3v) is 4.73. The highest BCUT2D eigenvalue weighted by Crippen LogP contribution is 2.64. The van der Waals surface area contributed by atoms with E-state index in [0.717, 1.165) is 11.2 Å². The van der Waals surface area contributed by atoms with Crippen molar-refractivity contribution in [3.05, 3.63) is 24.2 Å². The van der Waals surface area contributed by atoms with Gasteiger partial charge in [-0.2, -0.15) is 5.10 Å². The third-order valence-electron chi connectivity index (χ3n) is 4.73. The molecule has 5 atom stereocenters. The highest BCUT2D eigenvalue weighted by molar-refractivity contribution is 5.65. The van der Waals surface area contributed by atoms with E-state index in [2.05, 4.69) is 10.1 Å². The molecule has 1 aliphatic carbocycles. The summed E-state index contributed by atoms with van der Waals surface area (Å²) >= 11 is 0. The Kier molecular flexibility index (Phi) is 2.09. The first kappa shape index (κ1) is 12.8. The van der Waals surface area contributed by atoms with Crippen molar-refractivity contribution in [1.29, 1.82) is 0 Å². The van der Waals surface area contributed by atoms with Crippen LogP contribution in [0.5, 0.6) is 0 Å². The van der Waals surface area contributed by atoms with Crippen LogP contribution in [0.1, 0.15) is 25.6 Å². The Hall–Kier alpha value is -1.74. The molecule has 1 spiro atoms. The SMILES string of the molecule is CC1(C)O[C@H]2[C@H](c3ccc4c(N)ncnn34)O[C@@H]3C(O)[C@@]32O1. The van der Waals surface area contributed by atoms with E-state index in [0.29, 0.717) is 5.82 Å². The molecular weight excluding hydrogens is 288 g/mol. The molecule has 0 amide bonds. The van der Waals surface area contributed by atoms with Gasteiger partial charge in [0.15, 0.2) is 17.2 Å². The first-order valence-corrected chi connectivity index (χ1v) is 7.24. The van der Waals surface area contributed by atoms with E-state index in [1.54, 1.807) is 4.52 Å². The van der Waals surface area contributed by atoms with Gasteiger partial charge in [0.2, 0.25) is 0 Å². The lowest BCUT2D eigenvalue weighted by molar-refractivity contribution is -0.176. The van der Waals surface area contributed by atoms with Crippen LogP contribution in [0.4, 0.5) is 5.82 Å². The van der Waals surface area contributed by atoms with Crippen molar-refractivity contribution in [2.24, 2.45) is 0 Å². The molecule has 2 aromatic heterocycles. The molecule has 3 aliphatic rings. The number of nitrogen functional groups attached to an aromatic ring is 1. The Morgan fingerprint density at radius 3 is 2.95 bits per heavy atom. The van der Waals surface area contributed by atoms with E-state index >= 15 is 0 Å². The number of ether oxygens (including phenoxy) is 3. The summed E-state index contributed by atoms with van der Waals surface area (Å²) in [6, 6.07) is 3.74. The average Bonchev–Trinajstić information content (AvgIpc) is 2.85. The zero-order valence-electron chi connectivity index (χ0n) is 12.1. The molecule has 0 aromatic carbocycles. The number of nitrogens with two attached hydrogens (primary N) is 1. The first-order valence-electron chi connectivity index (χ1n) is 7.24. The lowest BCUT2D eigenvalue weighted by atomic mass is 10.1.